The van der Waals surface area contributed by atoms with Gasteiger partial charge >= 0.3 is 0 Å². The van der Waals surface area contributed by atoms with Crippen LogP contribution < -0.4 is 5.32 Å². The Morgan fingerprint density at radius 1 is 0.903 bits per heavy atom. The predicted octanol–water partition coefficient (Wildman–Crippen LogP) is 3.85. The van der Waals surface area contributed by atoms with E-state index < -0.39 is 11.6 Å². The maximum absolute atomic E-state index is 13.2. The lowest BCUT2D eigenvalue weighted by Crippen LogP contribution is -2.41. The smallest absolute Gasteiger partial charge is 0.261 e. The summed E-state index contributed by atoms with van der Waals surface area (Å²) in [4.78, 5) is 38.9. The Morgan fingerprint density at radius 2 is 1.52 bits per heavy atom. The van der Waals surface area contributed by atoms with Gasteiger partial charge in [0.05, 0.1) is 0 Å². The van der Waals surface area contributed by atoms with Crippen LogP contribution in [0.15, 0.2) is 54.6 Å². The largest absolute Gasteiger partial charge is 0.356 e. The predicted molar refractivity (Wildman–Crippen MR) is 112 cm³/mol. The van der Waals surface area contributed by atoms with Crippen molar-refractivity contribution in [2.75, 3.05) is 13.1 Å². The Balaban J connectivity index is 1.31. The van der Waals surface area contributed by atoms with Gasteiger partial charge in [0.2, 0.25) is 5.91 Å². The lowest BCUT2D eigenvalue weighted by Gasteiger charge is -2.27. The minimum Gasteiger partial charge on any atom is -0.356 e. The molecule has 0 atom stereocenters. The maximum atomic E-state index is 13.2. The second-order valence-electron chi connectivity index (χ2n) is 7.45. The molecule has 3 aromatic carbocycles. The molecule has 1 aliphatic rings. The summed E-state index contributed by atoms with van der Waals surface area (Å²) in [5, 5.41) is 4.20. The zero-order chi connectivity index (χ0) is 22.0. The molecule has 0 saturated heterocycles. The third kappa shape index (κ3) is 4.30. The van der Waals surface area contributed by atoms with Gasteiger partial charge in [-0.25, -0.2) is 8.78 Å². The first-order valence-corrected chi connectivity index (χ1v) is 10.0. The monoisotopic (exact) mass is 422 g/mol. The zero-order valence-corrected chi connectivity index (χ0v) is 16.7. The van der Waals surface area contributed by atoms with E-state index in [0.29, 0.717) is 34.9 Å². The van der Waals surface area contributed by atoms with Crippen LogP contribution in [0.25, 0.3) is 10.8 Å². The molecule has 1 N–H and O–H groups in total. The Kier molecular flexibility index (Phi) is 5.75. The van der Waals surface area contributed by atoms with Gasteiger partial charge in [0.1, 0.15) is 11.6 Å². The second kappa shape index (κ2) is 8.63. The zero-order valence-electron chi connectivity index (χ0n) is 16.7. The van der Waals surface area contributed by atoms with Crippen molar-refractivity contribution in [2.24, 2.45) is 0 Å². The Morgan fingerprint density at radius 3 is 2.13 bits per heavy atom. The van der Waals surface area contributed by atoms with Crippen LogP contribution in [0, 0.1) is 11.6 Å². The van der Waals surface area contributed by atoms with Crippen molar-refractivity contribution in [3.8, 4) is 0 Å². The SMILES string of the molecule is O=C(CCCN1C(=O)c2cccc3cccc(c23)C1=O)NCCc1cc(F)cc(F)c1. The summed E-state index contributed by atoms with van der Waals surface area (Å²) in [6.45, 7) is 0.365. The van der Waals surface area contributed by atoms with E-state index in [4.69, 9.17) is 0 Å². The molecular formula is C24H20F2N2O3. The van der Waals surface area contributed by atoms with Crippen molar-refractivity contribution in [3.05, 3.63) is 82.9 Å². The Bertz CT molecular complexity index is 1120. The molecule has 158 valence electrons. The highest BCUT2D eigenvalue weighted by atomic mass is 19.1. The van der Waals surface area contributed by atoms with Crippen LogP contribution >= 0.6 is 0 Å². The topological polar surface area (TPSA) is 66.5 Å². The van der Waals surface area contributed by atoms with Crippen molar-refractivity contribution >= 4 is 28.5 Å². The fourth-order valence-corrected chi connectivity index (χ4v) is 3.87. The van der Waals surface area contributed by atoms with Crippen LogP contribution in [-0.2, 0) is 11.2 Å². The van der Waals surface area contributed by atoms with Gasteiger partial charge in [0.25, 0.3) is 11.8 Å². The summed E-state index contributed by atoms with van der Waals surface area (Å²) in [7, 11) is 0. The van der Waals surface area contributed by atoms with E-state index >= 15 is 0 Å². The molecule has 5 nitrogen and oxygen atoms in total. The van der Waals surface area contributed by atoms with Gasteiger partial charge in [-0.05, 0) is 48.1 Å². The number of rotatable bonds is 7. The first-order chi connectivity index (χ1) is 14.9. The van der Waals surface area contributed by atoms with Crippen LogP contribution in [0.3, 0.4) is 0 Å². The lowest BCUT2D eigenvalue weighted by molar-refractivity contribution is -0.121. The first-order valence-electron chi connectivity index (χ1n) is 10.0. The number of benzene rings is 3. The number of carbonyl (C=O) groups excluding carboxylic acids is 3. The lowest BCUT2D eigenvalue weighted by atomic mass is 9.94. The molecule has 3 aromatic rings. The summed E-state index contributed by atoms with van der Waals surface area (Å²) < 4.78 is 26.4. The van der Waals surface area contributed by atoms with Crippen LogP contribution in [0.2, 0.25) is 0 Å². The van der Waals surface area contributed by atoms with E-state index in [-0.39, 0.29) is 37.2 Å². The molecule has 0 radical (unpaired) electrons. The second-order valence-corrected chi connectivity index (χ2v) is 7.45. The number of halogens is 2. The minimum atomic E-state index is -0.658. The van der Waals surface area contributed by atoms with Gasteiger partial charge in [-0.1, -0.05) is 24.3 Å². The van der Waals surface area contributed by atoms with Crippen LogP contribution in [-0.4, -0.2) is 35.7 Å². The third-order valence-corrected chi connectivity index (χ3v) is 5.30. The molecule has 0 bridgehead atoms. The van der Waals surface area contributed by atoms with E-state index in [2.05, 4.69) is 5.32 Å². The van der Waals surface area contributed by atoms with Gasteiger partial charge in [-0.2, -0.15) is 0 Å². The first kappa shape index (κ1) is 20.7. The number of carbonyl (C=O) groups is 3. The van der Waals surface area contributed by atoms with E-state index in [1.54, 1.807) is 24.3 Å². The van der Waals surface area contributed by atoms with Crippen LogP contribution in [0.5, 0.6) is 0 Å². The quantitative estimate of drug-likeness (QED) is 0.588. The number of amides is 3. The Hall–Kier alpha value is -3.61. The number of nitrogens with zero attached hydrogens (tertiary/aromatic N) is 1. The average Bonchev–Trinajstić information content (AvgIpc) is 2.73. The molecular weight excluding hydrogens is 402 g/mol. The van der Waals surface area contributed by atoms with Crippen LogP contribution in [0.1, 0.15) is 39.1 Å². The molecule has 4 rings (SSSR count). The molecule has 3 amide bonds. The molecule has 0 aromatic heterocycles. The number of imide groups is 1. The summed E-state index contributed by atoms with van der Waals surface area (Å²) in [5.41, 5.74) is 1.43. The normalized spacial score (nSPS) is 13.0. The number of hydrogen-bond donors (Lipinski definition) is 1. The molecule has 0 spiro atoms. The fourth-order valence-electron chi connectivity index (χ4n) is 3.87. The maximum Gasteiger partial charge on any atom is 0.261 e. The van der Waals surface area contributed by atoms with E-state index in [1.807, 2.05) is 12.1 Å². The fraction of sp³-hybridized carbons (Fsp3) is 0.208. The highest BCUT2D eigenvalue weighted by Gasteiger charge is 2.32. The van der Waals surface area contributed by atoms with Crippen molar-refractivity contribution in [2.45, 2.75) is 19.3 Å². The molecule has 1 aliphatic heterocycles. The van der Waals surface area contributed by atoms with Gasteiger partial charge in [-0.3, -0.25) is 19.3 Å². The third-order valence-electron chi connectivity index (χ3n) is 5.30. The van der Waals surface area contributed by atoms with Crippen molar-refractivity contribution in [1.29, 1.82) is 0 Å². The minimum absolute atomic E-state index is 0.125. The summed E-state index contributed by atoms with van der Waals surface area (Å²) in [6, 6.07) is 13.9. The Labute approximate surface area is 177 Å². The van der Waals surface area contributed by atoms with E-state index in [9.17, 15) is 23.2 Å². The van der Waals surface area contributed by atoms with Crippen molar-refractivity contribution in [1.82, 2.24) is 10.2 Å². The van der Waals surface area contributed by atoms with Crippen molar-refractivity contribution < 1.29 is 23.2 Å². The molecule has 0 unspecified atom stereocenters. The molecule has 0 fully saturated rings. The van der Waals surface area contributed by atoms with Crippen molar-refractivity contribution in [3.63, 3.8) is 0 Å². The van der Waals surface area contributed by atoms with E-state index in [1.165, 1.54) is 17.0 Å². The highest BCUT2D eigenvalue weighted by Crippen LogP contribution is 2.30. The molecule has 0 saturated carbocycles. The molecule has 31 heavy (non-hydrogen) atoms. The number of nitrogens with one attached hydrogen (secondary N) is 1. The number of hydrogen-bond acceptors (Lipinski definition) is 3. The standard InChI is InChI=1S/C24H20F2N2O3/c25-17-12-15(13-18(26)14-17)9-10-27-21(29)8-3-11-28-23(30)19-6-1-4-16-5-2-7-20(22(16)19)24(28)31/h1-2,4-7,12-14H,3,8-11H2,(H,27,29). The van der Waals surface area contributed by atoms with Gasteiger partial charge in [0, 0.05) is 42.1 Å². The summed E-state index contributed by atoms with van der Waals surface area (Å²) in [6.07, 6.45) is 0.737. The molecule has 1 heterocycles. The highest BCUT2D eigenvalue weighted by molar-refractivity contribution is 6.25. The molecule has 7 heteroatoms. The summed E-state index contributed by atoms with van der Waals surface area (Å²) >= 11 is 0. The van der Waals surface area contributed by atoms with E-state index in [0.717, 1.165) is 11.5 Å². The van der Waals surface area contributed by atoms with Crippen LogP contribution in [0.4, 0.5) is 8.78 Å². The van der Waals surface area contributed by atoms with Gasteiger partial charge < -0.3 is 5.32 Å². The van der Waals surface area contributed by atoms with Gasteiger partial charge in [0.15, 0.2) is 0 Å². The van der Waals surface area contributed by atoms with Gasteiger partial charge in [-0.15, -0.1) is 0 Å². The molecule has 0 aliphatic carbocycles. The average molecular weight is 422 g/mol. The summed E-state index contributed by atoms with van der Waals surface area (Å²) in [5.74, 6) is -2.29.